The van der Waals surface area contributed by atoms with Gasteiger partial charge in [0.2, 0.25) is 0 Å². The summed E-state index contributed by atoms with van der Waals surface area (Å²) in [6, 6.07) is 3.62. The quantitative estimate of drug-likeness (QED) is 0.907. The number of carbonyl (C=O) groups excluding carboxylic acids is 1. The lowest BCUT2D eigenvalue weighted by Crippen LogP contribution is -2.36. The van der Waals surface area contributed by atoms with E-state index in [4.69, 9.17) is 14.2 Å². The molecular weight excluding hydrogens is 270 g/mol. The van der Waals surface area contributed by atoms with Crippen molar-refractivity contribution in [3.8, 4) is 17.2 Å². The summed E-state index contributed by atoms with van der Waals surface area (Å²) in [6.07, 6.45) is 5.66. The lowest BCUT2D eigenvalue weighted by atomic mass is 9.95. The Kier molecular flexibility index (Phi) is 5.31. The van der Waals surface area contributed by atoms with Crippen LogP contribution in [0.3, 0.4) is 0 Å². The molecule has 5 heteroatoms. The number of hydrogen-bond acceptors (Lipinski definition) is 4. The van der Waals surface area contributed by atoms with Gasteiger partial charge in [-0.1, -0.05) is 19.3 Å². The van der Waals surface area contributed by atoms with Gasteiger partial charge in [0.25, 0.3) is 5.91 Å². The molecule has 1 aromatic carbocycles. The summed E-state index contributed by atoms with van der Waals surface area (Å²) in [6.45, 7) is 0. The van der Waals surface area contributed by atoms with Gasteiger partial charge in [-0.25, -0.2) is 0 Å². The molecule has 2 rings (SSSR count). The highest BCUT2D eigenvalue weighted by atomic mass is 16.5. The van der Waals surface area contributed by atoms with E-state index in [1.165, 1.54) is 33.5 Å². The molecule has 116 valence electrons. The van der Waals surface area contributed by atoms with E-state index >= 15 is 0 Å². The fourth-order valence-corrected chi connectivity index (χ4v) is 2.73. The van der Waals surface area contributed by atoms with Gasteiger partial charge in [0.15, 0.2) is 0 Å². The predicted octanol–water partition coefficient (Wildman–Crippen LogP) is 2.77. The van der Waals surface area contributed by atoms with Crippen molar-refractivity contribution in [3.63, 3.8) is 0 Å². The maximum Gasteiger partial charge on any atom is 0.259 e. The molecular formula is C16H23NO4. The summed E-state index contributed by atoms with van der Waals surface area (Å²) in [4.78, 5) is 12.6. The number of ether oxygens (including phenoxy) is 3. The monoisotopic (exact) mass is 293 g/mol. The van der Waals surface area contributed by atoms with Crippen LogP contribution in [0.2, 0.25) is 0 Å². The molecule has 1 aliphatic rings. The highest BCUT2D eigenvalue weighted by molar-refractivity contribution is 6.00. The van der Waals surface area contributed by atoms with Gasteiger partial charge in [0, 0.05) is 18.2 Å². The highest BCUT2D eigenvalue weighted by Gasteiger charge is 2.23. The smallest absolute Gasteiger partial charge is 0.259 e. The minimum Gasteiger partial charge on any atom is -0.496 e. The zero-order valence-corrected chi connectivity index (χ0v) is 12.9. The number of rotatable bonds is 5. The first-order valence-electron chi connectivity index (χ1n) is 7.30. The van der Waals surface area contributed by atoms with Crippen molar-refractivity contribution in [2.45, 2.75) is 38.1 Å². The SMILES string of the molecule is COc1cc(OC)c(C(=O)NC2CCCCC2)c(OC)c1. The summed E-state index contributed by atoms with van der Waals surface area (Å²) in [5, 5.41) is 3.08. The Morgan fingerprint density at radius 1 is 1.00 bits per heavy atom. The molecule has 0 bridgehead atoms. The van der Waals surface area contributed by atoms with Crippen molar-refractivity contribution in [1.29, 1.82) is 0 Å². The van der Waals surface area contributed by atoms with Crippen molar-refractivity contribution < 1.29 is 19.0 Å². The third-order valence-corrected chi connectivity index (χ3v) is 3.88. The molecule has 1 aliphatic carbocycles. The Labute approximate surface area is 125 Å². The Balaban J connectivity index is 2.25. The molecule has 5 nitrogen and oxygen atoms in total. The second-order valence-electron chi connectivity index (χ2n) is 5.22. The fraction of sp³-hybridized carbons (Fsp3) is 0.562. The third kappa shape index (κ3) is 3.60. The van der Waals surface area contributed by atoms with Crippen LogP contribution in [0, 0.1) is 0 Å². The maximum absolute atomic E-state index is 12.6. The first-order chi connectivity index (χ1) is 10.2. The van der Waals surface area contributed by atoms with Gasteiger partial charge in [-0.05, 0) is 12.8 Å². The van der Waals surface area contributed by atoms with Gasteiger partial charge in [-0.3, -0.25) is 4.79 Å². The van der Waals surface area contributed by atoms with Gasteiger partial charge < -0.3 is 19.5 Å². The second-order valence-corrected chi connectivity index (χ2v) is 5.22. The van der Waals surface area contributed by atoms with E-state index in [1.807, 2.05) is 0 Å². The zero-order chi connectivity index (χ0) is 15.2. The zero-order valence-electron chi connectivity index (χ0n) is 12.9. The van der Waals surface area contributed by atoms with Crippen LogP contribution in [-0.4, -0.2) is 33.3 Å². The molecule has 0 atom stereocenters. The largest absolute Gasteiger partial charge is 0.496 e. The van der Waals surface area contributed by atoms with E-state index < -0.39 is 0 Å². The van der Waals surface area contributed by atoms with Crippen LogP contribution in [0.1, 0.15) is 42.5 Å². The second kappa shape index (κ2) is 7.20. The molecule has 21 heavy (non-hydrogen) atoms. The summed E-state index contributed by atoms with van der Waals surface area (Å²) in [7, 11) is 4.63. The minimum absolute atomic E-state index is 0.154. The summed E-state index contributed by atoms with van der Waals surface area (Å²) >= 11 is 0. The van der Waals surface area contributed by atoms with Crippen molar-refractivity contribution in [2.24, 2.45) is 0 Å². The average Bonchev–Trinajstić information content (AvgIpc) is 2.54. The van der Waals surface area contributed by atoms with Crippen molar-refractivity contribution in [1.82, 2.24) is 5.32 Å². The predicted molar refractivity (Wildman–Crippen MR) is 80.4 cm³/mol. The van der Waals surface area contributed by atoms with Crippen LogP contribution in [0.25, 0.3) is 0 Å². The Morgan fingerprint density at radius 3 is 2.05 bits per heavy atom. The molecule has 1 N–H and O–H groups in total. The topological polar surface area (TPSA) is 56.8 Å². The highest BCUT2D eigenvalue weighted by Crippen LogP contribution is 2.34. The summed E-state index contributed by atoms with van der Waals surface area (Å²) in [5.74, 6) is 1.36. The van der Waals surface area contributed by atoms with Gasteiger partial charge in [0.05, 0.1) is 21.3 Å². The van der Waals surface area contributed by atoms with Crippen LogP contribution in [0.5, 0.6) is 17.2 Å². The molecule has 1 aromatic rings. The van der Waals surface area contributed by atoms with E-state index in [1.54, 1.807) is 19.2 Å². The van der Waals surface area contributed by atoms with Crippen LogP contribution in [0.15, 0.2) is 12.1 Å². The number of amides is 1. The molecule has 0 unspecified atom stereocenters. The molecule has 1 fully saturated rings. The van der Waals surface area contributed by atoms with Crippen LogP contribution < -0.4 is 19.5 Å². The molecule has 0 spiro atoms. The lowest BCUT2D eigenvalue weighted by Gasteiger charge is -2.23. The molecule has 0 radical (unpaired) electrons. The van der Waals surface area contributed by atoms with Crippen LogP contribution in [-0.2, 0) is 0 Å². The average molecular weight is 293 g/mol. The van der Waals surface area contributed by atoms with E-state index in [9.17, 15) is 4.79 Å². The molecule has 0 saturated heterocycles. The molecule has 0 aliphatic heterocycles. The number of methoxy groups -OCH3 is 3. The standard InChI is InChI=1S/C16H23NO4/c1-19-12-9-13(20-2)15(14(10-12)21-3)16(18)17-11-7-5-4-6-8-11/h9-11H,4-8H2,1-3H3,(H,17,18). The molecule has 0 aromatic heterocycles. The molecule has 1 saturated carbocycles. The first-order valence-corrected chi connectivity index (χ1v) is 7.30. The van der Waals surface area contributed by atoms with Gasteiger partial charge >= 0.3 is 0 Å². The van der Waals surface area contributed by atoms with Crippen molar-refractivity contribution in [2.75, 3.05) is 21.3 Å². The summed E-state index contributed by atoms with van der Waals surface area (Å²) < 4.78 is 15.8. The maximum atomic E-state index is 12.6. The Hall–Kier alpha value is -1.91. The number of benzene rings is 1. The Bertz CT molecular complexity index is 470. The molecule has 0 heterocycles. The summed E-state index contributed by atoms with van der Waals surface area (Å²) in [5.41, 5.74) is 0.423. The van der Waals surface area contributed by atoms with Gasteiger partial charge in [0.1, 0.15) is 22.8 Å². The van der Waals surface area contributed by atoms with Crippen molar-refractivity contribution in [3.05, 3.63) is 17.7 Å². The van der Waals surface area contributed by atoms with Crippen LogP contribution >= 0.6 is 0 Å². The lowest BCUT2D eigenvalue weighted by molar-refractivity contribution is 0.0921. The first kappa shape index (κ1) is 15.5. The van der Waals surface area contributed by atoms with Crippen molar-refractivity contribution >= 4 is 5.91 Å². The number of hydrogen-bond donors (Lipinski definition) is 1. The molecule has 1 amide bonds. The Morgan fingerprint density at radius 2 is 1.57 bits per heavy atom. The van der Waals surface area contributed by atoms with E-state index in [0.29, 0.717) is 22.8 Å². The van der Waals surface area contributed by atoms with Crippen LogP contribution in [0.4, 0.5) is 0 Å². The fourth-order valence-electron chi connectivity index (χ4n) is 2.73. The third-order valence-electron chi connectivity index (χ3n) is 3.88. The van der Waals surface area contributed by atoms with Gasteiger partial charge in [-0.15, -0.1) is 0 Å². The van der Waals surface area contributed by atoms with Gasteiger partial charge in [-0.2, -0.15) is 0 Å². The van der Waals surface area contributed by atoms with E-state index in [0.717, 1.165) is 12.8 Å². The number of carbonyl (C=O) groups is 1. The normalized spacial score (nSPS) is 15.4. The van der Waals surface area contributed by atoms with E-state index in [-0.39, 0.29) is 11.9 Å². The number of nitrogens with one attached hydrogen (secondary N) is 1. The minimum atomic E-state index is -0.154. The van der Waals surface area contributed by atoms with E-state index in [2.05, 4.69) is 5.32 Å².